The highest BCUT2D eigenvalue weighted by Crippen LogP contribution is 2.32. The van der Waals surface area contributed by atoms with E-state index in [0.717, 1.165) is 29.6 Å². The van der Waals surface area contributed by atoms with E-state index < -0.39 is 5.41 Å². The largest absolute Gasteiger partial charge is 0.454 e. The van der Waals surface area contributed by atoms with E-state index in [-0.39, 0.29) is 36.7 Å². The maximum atomic E-state index is 12.2. The average Bonchev–Trinajstić information content (AvgIpc) is 3.06. The maximum Gasteiger partial charge on any atom is 0.231 e. The molecule has 1 aromatic rings. The number of carbonyl (C=O) groups is 1. The fourth-order valence-corrected chi connectivity index (χ4v) is 2.60. The number of hydrogen-bond donors (Lipinski definition) is 2. The molecule has 1 aromatic carbocycles. The lowest BCUT2D eigenvalue weighted by molar-refractivity contribution is -0.128. The van der Waals surface area contributed by atoms with Crippen molar-refractivity contribution in [3.63, 3.8) is 0 Å². The molecule has 7 nitrogen and oxygen atoms in total. The molecule has 1 heterocycles. The predicted molar refractivity (Wildman–Crippen MR) is 118 cm³/mol. The van der Waals surface area contributed by atoms with Crippen molar-refractivity contribution >= 4 is 35.8 Å². The molecule has 2 rings (SSSR count). The van der Waals surface area contributed by atoms with Crippen molar-refractivity contribution in [1.29, 1.82) is 0 Å². The second-order valence-corrected chi connectivity index (χ2v) is 6.96. The molecule has 152 valence electrons. The fourth-order valence-electron chi connectivity index (χ4n) is 2.60. The van der Waals surface area contributed by atoms with Gasteiger partial charge in [-0.3, -0.25) is 9.79 Å². The van der Waals surface area contributed by atoms with Gasteiger partial charge in [-0.15, -0.1) is 24.0 Å². The molecule has 1 aliphatic rings. The normalized spacial score (nSPS) is 13.0. The predicted octanol–water partition coefficient (Wildman–Crippen LogP) is 2.59. The molecule has 0 saturated carbocycles. The van der Waals surface area contributed by atoms with Crippen LogP contribution in [0.2, 0.25) is 0 Å². The van der Waals surface area contributed by atoms with Crippen LogP contribution in [0, 0.1) is 5.41 Å². The number of guanidine groups is 1. The first-order valence-electron chi connectivity index (χ1n) is 9.03. The van der Waals surface area contributed by atoms with Crippen LogP contribution in [0.15, 0.2) is 23.2 Å². The molecule has 8 heteroatoms. The molecule has 1 amide bonds. The first kappa shape index (κ1) is 23.3. The highest BCUT2D eigenvalue weighted by atomic mass is 127. The minimum absolute atomic E-state index is 0. The molecule has 0 aliphatic carbocycles. The van der Waals surface area contributed by atoms with E-state index in [9.17, 15) is 4.79 Å². The van der Waals surface area contributed by atoms with E-state index in [1.165, 1.54) is 0 Å². The molecule has 0 aromatic heterocycles. The van der Waals surface area contributed by atoms with Gasteiger partial charge in [0.05, 0.1) is 12.0 Å². The number of ether oxygens (including phenoxy) is 2. The van der Waals surface area contributed by atoms with E-state index in [1.807, 2.05) is 57.8 Å². The molecule has 0 unspecified atom stereocenters. The highest BCUT2D eigenvalue weighted by molar-refractivity contribution is 14.0. The number of carbonyl (C=O) groups excluding carboxylic acids is 1. The summed E-state index contributed by atoms with van der Waals surface area (Å²) in [5, 5.41) is 6.15. The van der Waals surface area contributed by atoms with Crippen LogP contribution in [0.4, 0.5) is 0 Å². The van der Waals surface area contributed by atoms with Crippen LogP contribution in [0.5, 0.6) is 11.5 Å². The lowest BCUT2D eigenvalue weighted by atomic mass is 9.92. The Morgan fingerprint density at radius 2 is 1.85 bits per heavy atom. The zero-order chi connectivity index (χ0) is 19.2. The summed E-state index contributed by atoms with van der Waals surface area (Å²) >= 11 is 0. The molecule has 0 fully saturated rings. The lowest BCUT2D eigenvalue weighted by Crippen LogP contribution is -2.42. The number of nitrogens with one attached hydrogen (secondary N) is 2. The Hall–Kier alpha value is -1.71. The number of aliphatic imine (C=N–C) groups is 1. The van der Waals surface area contributed by atoms with Gasteiger partial charge in [-0.05, 0) is 45.4 Å². The summed E-state index contributed by atoms with van der Waals surface area (Å²) in [6, 6.07) is 5.93. The van der Waals surface area contributed by atoms with Crippen LogP contribution in [0.3, 0.4) is 0 Å². The van der Waals surface area contributed by atoms with Crippen molar-refractivity contribution in [2.75, 3.05) is 33.5 Å². The van der Waals surface area contributed by atoms with Crippen molar-refractivity contribution in [3.05, 3.63) is 23.8 Å². The summed E-state index contributed by atoms with van der Waals surface area (Å²) in [6.45, 7) is 10.5. The van der Waals surface area contributed by atoms with Crippen LogP contribution in [0.25, 0.3) is 0 Å². The topological polar surface area (TPSA) is 75.2 Å². The summed E-state index contributed by atoms with van der Waals surface area (Å²) in [5.74, 6) is 2.33. The lowest BCUT2D eigenvalue weighted by Gasteiger charge is -2.25. The number of benzene rings is 1. The zero-order valence-corrected chi connectivity index (χ0v) is 19.1. The number of fused-ring (bicyclic) bond motifs is 1. The summed E-state index contributed by atoms with van der Waals surface area (Å²) in [5.41, 5.74) is 0.543. The smallest absolute Gasteiger partial charge is 0.231 e. The van der Waals surface area contributed by atoms with Crippen LogP contribution in [-0.2, 0) is 11.3 Å². The van der Waals surface area contributed by atoms with Gasteiger partial charge < -0.3 is 25.0 Å². The van der Waals surface area contributed by atoms with Gasteiger partial charge >= 0.3 is 0 Å². The minimum Gasteiger partial charge on any atom is -0.454 e. The minimum atomic E-state index is -0.559. The molecular formula is C19H31IN4O3. The number of hydrogen-bond acceptors (Lipinski definition) is 4. The van der Waals surface area contributed by atoms with Gasteiger partial charge in [0.15, 0.2) is 17.5 Å². The Labute approximate surface area is 178 Å². The molecule has 0 spiro atoms. The third kappa shape index (κ3) is 6.44. The van der Waals surface area contributed by atoms with Crippen LogP contribution in [0.1, 0.15) is 33.3 Å². The highest BCUT2D eigenvalue weighted by Gasteiger charge is 2.27. The average molecular weight is 490 g/mol. The fraction of sp³-hybridized carbons (Fsp3) is 0.579. The number of halogens is 1. The van der Waals surface area contributed by atoms with Gasteiger partial charge in [0, 0.05) is 26.7 Å². The van der Waals surface area contributed by atoms with Crippen molar-refractivity contribution < 1.29 is 14.3 Å². The Morgan fingerprint density at radius 3 is 2.52 bits per heavy atom. The Balaban J connectivity index is 0.00000364. The van der Waals surface area contributed by atoms with Gasteiger partial charge in [0.2, 0.25) is 12.7 Å². The van der Waals surface area contributed by atoms with Crippen molar-refractivity contribution in [2.45, 2.75) is 34.2 Å². The second kappa shape index (κ2) is 10.6. The van der Waals surface area contributed by atoms with E-state index in [1.54, 1.807) is 0 Å². The summed E-state index contributed by atoms with van der Waals surface area (Å²) < 4.78 is 10.8. The van der Waals surface area contributed by atoms with E-state index in [2.05, 4.69) is 15.6 Å². The summed E-state index contributed by atoms with van der Waals surface area (Å²) in [6.07, 6.45) is 0. The molecule has 27 heavy (non-hydrogen) atoms. The Kier molecular flexibility index (Phi) is 9.14. The SMILES string of the molecule is CCNC(=O)C(C)(C)CN=C(NCC)N(C)Cc1ccc2c(c1)OCO2.I. The molecule has 1 aliphatic heterocycles. The van der Waals surface area contributed by atoms with Crippen molar-refractivity contribution in [1.82, 2.24) is 15.5 Å². The molecular weight excluding hydrogens is 459 g/mol. The molecule has 2 N–H and O–H groups in total. The number of nitrogens with zero attached hydrogens (tertiary/aromatic N) is 2. The van der Waals surface area contributed by atoms with Gasteiger partial charge in [-0.2, -0.15) is 0 Å². The molecule has 0 saturated heterocycles. The van der Waals surface area contributed by atoms with Gasteiger partial charge in [0.25, 0.3) is 0 Å². The number of rotatable bonds is 7. The van der Waals surface area contributed by atoms with Crippen LogP contribution >= 0.6 is 24.0 Å². The molecule has 0 radical (unpaired) electrons. The Morgan fingerprint density at radius 1 is 1.19 bits per heavy atom. The van der Waals surface area contributed by atoms with Gasteiger partial charge in [-0.25, -0.2) is 0 Å². The summed E-state index contributed by atoms with van der Waals surface area (Å²) in [7, 11) is 1.98. The zero-order valence-electron chi connectivity index (χ0n) is 16.8. The maximum absolute atomic E-state index is 12.2. The number of amides is 1. The van der Waals surface area contributed by atoms with E-state index >= 15 is 0 Å². The molecule has 0 atom stereocenters. The quantitative estimate of drug-likeness (QED) is 0.349. The molecule has 0 bridgehead atoms. The summed E-state index contributed by atoms with van der Waals surface area (Å²) in [4.78, 5) is 18.9. The Bertz CT molecular complexity index is 664. The van der Waals surface area contributed by atoms with E-state index in [4.69, 9.17) is 9.47 Å². The van der Waals surface area contributed by atoms with Gasteiger partial charge in [0.1, 0.15) is 0 Å². The van der Waals surface area contributed by atoms with Crippen molar-refractivity contribution in [2.24, 2.45) is 10.4 Å². The van der Waals surface area contributed by atoms with Gasteiger partial charge in [-0.1, -0.05) is 6.07 Å². The third-order valence-electron chi connectivity index (χ3n) is 4.13. The van der Waals surface area contributed by atoms with Crippen molar-refractivity contribution in [3.8, 4) is 11.5 Å². The van der Waals surface area contributed by atoms with Crippen LogP contribution in [-0.4, -0.2) is 50.2 Å². The monoisotopic (exact) mass is 490 g/mol. The standard InChI is InChI=1S/C19H30N4O3.HI/c1-6-20-17(24)19(3,4)12-22-18(21-7-2)23(5)11-14-8-9-15-16(10-14)26-13-25-15;/h8-10H,6-7,11-13H2,1-5H3,(H,20,24)(H,21,22);1H. The first-order chi connectivity index (χ1) is 12.4. The van der Waals surface area contributed by atoms with E-state index in [0.29, 0.717) is 19.6 Å². The van der Waals surface area contributed by atoms with Crippen LogP contribution < -0.4 is 20.1 Å². The second-order valence-electron chi connectivity index (χ2n) is 6.96. The third-order valence-corrected chi connectivity index (χ3v) is 4.13. The first-order valence-corrected chi connectivity index (χ1v) is 9.03.